The lowest BCUT2D eigenvalue weighted by atomic mass is 9.81. The van der Waals surface area contributed by atoms with Crippen LogP contribution >= 0.6 is 43.5 Å². The average molecular weight is 1350 g/mol. The lowest BCUT2D eigenvalue weighted by molar-refractivity contribution is -0.138. The molecular weight excluding hydrogens is 1290 g/mol. The summed E-state index contributed by atoms with van der Waals surface area (Å²) >= 11 is 12.8. The van der Waals surface area contributed by atoms with Crippen molar-refractivity contribution in [2.75, 3.05) is 0 Å². The molecule has 14 rings (SSSR count). The molecule has 5 aromatic carbocycles. The van der Waals surface area contributed by atoms with Crippen molar-refractivity contribution < 1.29 is 22.8 Å². The van der Waals surface area contributed by atoms with E-state index in [4.69, 9.17) is 21.8 Å². The van der Waals surface area contributed by atoms with Gasteiger partial charge in [0, 0.05) is 72.0 Å². The third-order valence-corrected chi connectivity index (χ3v) is 19.5. The van der Waals surface area contributed by atoms with Gasteiger partial charge in [0.05, 0.1) is 65.4 Å². The molecule has 11 aromatic rings. The topological polar surface area (TPSA) is 191 Å². The zero-order chi connectivity index (χ0) is 61.7. The summed E-state index contributed by atoms with van der Waals surface area (Å²) in [6, 6.07) is 31.0. The number of benzene rings is 5. The number of nitrogens with one attached hydrogen (secondary N) is 1. The SMILES string of the molecule is Cc1nnc(-c2ccc(-n3c(=O)c4c(n5ncc(Cc6ccc(Cn7cnnc7-c7ccc(-n8c(=O)c9c(n%10ncc(CC%11CCC%11)c8%10)CN(C(=O)c8ccc(Br)c(Cl)c8)[C@H](C)C9)cc7)cc6)c35)CN(C(=O)c3ccc(Br)c(C(F)(F)F)c3)[C@H](C)C4)cc2)[nH]1. The minimum Gasteiger partial charge on any atom is -0.330 e. The molecule has 8 heterocycles. The van der Waals surface area contributed by atoms with Crippen LogP contribution in [0.1, 0.15) is 110 Å². The van der Waals surface area contributed by atoms with Crippen LogP contribution in [0.4, 0.5) is 13.2 Å². The first-order chi connectivity index (χ1) is 42.8. The maximum absolute atomic E-state index is 15.0. The van der Waals surface area contributed by atoms with Crippen LogP contribution in [0.3, 0.4) is 0 Å². The van der Waals surface area contributed by atoms with Crippen LogP contribution in [-0.2, 0) is 51.5 Å². The van der Waals surface area contributed by atoms with Crippen molar-refractivity contribution in [3.8, 4) is 34.2 Å². The highest BCUT2D eigenvalue weighted by atomic mass is 79.9. The van der Waals surface area contributed by atoms with Gasteiger partial charge in [0.15, 0.2) is 11.6 Å². The molecule has 450 valence electrons. The zero-order valence-electron chi connectivity index (χ0n) is 48.1. The Hall–Kier alpha value is -8.80. The average Bonchev–Trinajstić information content (AvgIpc) is 2.33. The van der Waals surface area contributed by atoms with E-state index in [1.807, 2.05) is 102 Å². The van der Waals surface area contributed by atoms with E-state index < -0.39 is 23.7 Å². The quantitative estimate of drug-likeness (QED) is 0.123. The predicted molar refractivity (Wildman–Crippen MR) is 334 cm³/mol. The molecule has 3 aliphatic rings. The van der Waals surface area contributed by atoms with Gasteiger partial charge in [0.25, 0.3) is 22.9 Å². The third-order valence-electron chi connectivity index (χ3n) is 17.6. The molecule has 1 saturated carbocycles. The maximum atomic E-state index is 15.0. The van der Waals surface area contributed by atoms with Crippen LogP contribution in [0, 0.1) is 12.8 Å². The minimum atomic E-state index is -4.69. The molecular formula is C65H54Br2ClF3N14O4. The standard InChI is InChI=1S/C65H54Br2ClF3N14O4/c1-35-23-49-55(32-80(35)61(86)43-15-21-52(66)51(27-43)65(69,70)71)85-60(82(63(49)88)47-17-11-41(12-18-47)57-75-37(3)76-77-57)46(30-74-85)26-39-7-9-40(10-8-39)31-79-34-72-78-58(79)42-13-19-48(20-14-42)83-59-45(25-38-5-4-6-38)29-73-84(59)56-33-81(36(2)24-50(56)64(83)89)62(87)44-16-22-53(67)54(68)28-44/h7-22,27-30,34-36,38H,4-6,23-26,31-33H2,1-3H3,(H,75,76,77)/t35-,36-/m1/s1. The van der Waals surface area contributed by atoms with Gasteiger partial charge in [-0.05, 0) is 158 Å². The number of carbonyl (C=O) groups excluding carboxylic acids is 2. The summed E-state index contributed by atoms with van der Waals surface area (Å²) in [7, 11) is 0. The fraction of sp³-hybridized carbons (Fsp3) is 0.262. The Morgan fingerprint density at radius 2 is 1.22 bits per heavy atom. The first-order valence-corrected chi connectivity index (χ1v) is 31.1. The van der Waals surface area contributed by atoms with Gasteiger partial charge in [-0.1, -0.05) is 71.1 Å². The Labute approximate surface area is 527 Å². The van der Waals surface area contributed by atoms with Crippen molar-refractivity contribution in [3.63, 3.8) is 0 Å². The van der Waals surface area contributed by atoms with E-state index in [1.165, 1.54) is 23.5 Å². The van der Waals surface area contributed by atoms with Gasteiger partial charge in [-0.2, -0.15) is 23.4 Å². The molecule has 1 fully saturated rings. The zero-order valence-corrected chi connectivity index (χ0v) is 52.1. The fourth-order valence-corrected chi connectivity index (χ4v) is 13.6. The highest BCUT2D eigenvalue weighted by Crippen LogP contribution is 2.38. The largest absolute Gasteiger partial charge is 0.417 e. The normalized spacial score (nSPS) is 16.1. The monoisotopic (exact) mass is 1340 g/mol. The lowest BCUT2D eigenvalue weighted by Crippen LogP contribution is -2.46. The Morgan fingerprint density at radius 3 is 1.78 bits per heavy atom. The predicted octanol–water partition coefficient (Wildman–Crippen LogP) is 12.0. The van der Waals surface area contributed by atoms with Crippen LogP contribution in [0.15, 0.2) is 146 Å². The van der Waals surface area contributed by atoms with Crippen molar-refractivity contribution in [3.05, 3.63) is 230 Å². The highest BCUT2D eigenvalue weighted by Gasteiger charge is 2.38. The van der Waals surface area contributed by atoms with Gasteiger partial charge in [-0.15, -0.1) is 20.4 Å². The van der Waals surface area contributed by atoms with Gasteiger partial charge in [-0.3, -0.25) is 28.3 Å². The smallest absolute Gasteiger partial charge is 0.330 e. The van der Waals surface area contributed by atoms with Crippen LogP contribution in [0.25, 0.3) is 45.4 Å². The number of nitrogens with zero attached hydrogens (tertiary/aromatic N) is 13. The van der Waals surface area contributed by atoms with E-state index in [0.29, 0.717) is 109 Å². The van der Waals surface area contributed by atoms with E-state index in [0.717, 1.165) is 53.1 Å². The molecule has 1 aliphatic carbocycles. The van der Waals surface area contributed by atoms with Gasteiger partial charge in [-0.25, -0.2) is 9.03 Å². The number of rotatable bonds is 12. The molecule has 1 N–H and O–H groups in total. The molecule has 0 unspecified atom stereocenters. The summed E-state index contributed by atoms with van der Waals surface area (Å²) in [6.07, 6.45) is 5.60. The first kappa shape index (κ1) is 57.9. The molecule has 2 atom stereocenters. The summed E-state index contributed by atoms with van der Waals surface area (Å²) in [5, 5.41) is 27.4. The minimum absolute atomic E-state index is 0.0748. The molecule has 2 amide bonds. The van der Waals surface area contributed by atoms with Crippen LogP contribution in [0.2, 0.25) is 5.02 Å². The molecule has 24 heteroatoms. The van der Waals surface area contributed by atoms with Gasteiger partial charge in [0.2, 0.25) is 0 Å². The maximum Gasteiger partial charge on any atom is 0.417 e. The number of aromatic nitrogens is 12. The number of amides is 2. The Kier molecular flexibility index (Phi) is 14.7. The van der Waals surface area contributed by atoms with E-state index in [2.05, 4.69) is 57.2 Å². The van der Waals surface area contributed by atoms with Crippen LogP contribution < -0.4 is 11.1 Å². The highest BCUT2D eigenvalue weighted by molar-refractivity contribution is 9.10. The Bertz CT molecular complexity index is 4780. The number of aromatic amines is 1. The van der Waals surface area contributed by atoms with Crippen molar-refractivity contribution in [1.29, 1.82) is 0 Å². The van der Waals surface area contributed by atoms with Gasteiger partial charge in [0.1, 0.15) is 23.4 Å². The number of aryl methyl sites for hydroxylation is 1. The van der Waals surface area contributed by atoms with Crippen molar-refractivity contribution in [1.82, 2.24) is 68.1 Å². The van der Waals surface area contributed by atoms with Gasteiger partial charge >= 0.3 is 6.18 Å². The molecule has 0 saturated heterocycles. The summed E-state index contributed by atoms with van der Waals surface area (Å²) < 4.78 is 51.5. The van der Waals surface area contributed by atoms with Gasteiger partial charge < -0.3 is 19.4 Å². The van der Waals surface area contributed by atoms with Crippen molar-refractivity contribution >= 4 is 66.6 Å². The Balaban J connectivity index is 0.747. The first-order valence-electron chi connectivity index (χ1n) is 29.1. The summed E-state index contributed by atoms with van der Waals surface area (Å²) in [6.45, 7) is 6.11. The molecule has 0 radical (unpaired) electrons. The summed E-state index contributed by atoms with van der Waals surface area (Å²) in [4.78, 5) is 64.7. The van der Waals surface area contributed by atoms with Crippen LogP contribution in [-0.4, -0.2) is 92.0 Å². The van der Waals surface area contributed by atoms with E-state index in [-0.39, 0.29) is 52.6 Å². The molecule has 2 aliphatic heterocycles. The van der Waals surface area contributed by atoms with E-state index >= 15 is 4.79 Å². The fourth-order valence-electron chi connectivity index (χ4n) is 12.7. The number of alkyl halides is 3. The van der Waals surface area contributed by atoms with E-state index in [9.17, 15) is 27.6 Å². The molecule has 18 nitrogen and oxygen atoms in total. The second kappa shape index (κ2) is 22.7. The lowest BCUT2D eigenvalue weighted by Gasteiger charge is -2.35. The number of hydrogen-bond acceptors (Lipinski definition) is 10. The molecule has 6 aromatic heterocycles. The van der Waals surface area contributed by atoms with E-state index in [1.54, 1.807) is 56.2 Å². The second-order valence-corrected chi connectivity index (χ2v) is 25.5. The third kappa shape index (κ3) is 10.5. The second-order valence-electron chi connectivity index (χ2n) is 23.4. The van der Waals surface area contributed by atoms with Crippen molar-refractivity contribution in [2.45, 2.75) is 104 Å². The molecule has 89 heavy (non-hydrogen) atoms. The summed E-state index contributed by atoms with van der Waals surface area (Å²) in [5.74, 6) is 1.57. The number of fused-ring (bicyclic) bond motifs is 6. The number of carbonyl (C=O) groups is 2. The van der Waals surface area contributed by atoms with Crippen LogP contribution in [0.5, 0.6) is 0 Å². The number of halogens is 6. The molecule has 0 spiro atoms. The number of H-pyrrole nitrogens is 1. The van der Waals surface area contributed by atoms with Crippen molar-refractivity contribution in [2.24, 2.45) is 5.92 Å². The Morgan fingerprint density at radius 1 is 0.674 bits per heavy atom. The summed E-state index contributed by atoms with van der Waals surface area (Å²) in [5.41, 5.74) is 8.69. The number of hydrogen-bond donors (Lipinski definition) is 1. The molecule has 0 bridgehead atoms.